The summed E-state index contributed by atoms with van der Waals surface area (Å²) in [6, 6.07) is 13.5. The summed E-state index contributed by atoms with van der Waals surface area (Å²) in [6.45, 7) is 3.85. The Morgan fingerprint density at radius 2 is 2.04 bits per heavy atom. The molecule has 142 valence electrons. The van der Waals surface area contributed by atoms with Crippen molar-refractivity contribution in [3.63, 3.8) is 0 Å². The zero-order chi connectivity index (χ0) is 19.4. The van der Waals surface area contributed by atoms with Crippen LogP contribution in [0, 0.1) is 6.92 Å². The molecule has 1 heterocycles. The van der Waals surface area contributed by atoms with Gasteiger partial charge in [-0.3, -0.25) is 9.59 Å². The molecule has 2 aromatic carbocycles. The van der Waals surface area contributed by atoms with Crippen molar-refractivity contribution in [1.82, 2.24) is 9.80 Å². The minimum atomic E-state index is -0.0480. The molecule has 0 radical (unpaired) electrons. The summed E-state index contributed by atoms with van der Waals surface area (Å²) < 4.78 is 5.41. The lowest BCUT2D eigenvalue weighted by atomic mass is 10.1. The molecule has 0 aromatic heterocycles. The fraction of sp³-hybridized carbons (Fsp3) is 0.364. The molecule has 0 saturated carbocycles. The molecular formula is C22H26N2O3. The topological polar surface area (TPSA) is 49.9 Å². The van der Waals surface area contributed by atoms with Crippen LogP contribution in [0.15, 0.2) is 42.5 Å². The van der Waals surface area contributed by atoms with E-state index in [4.69, 9.17) is 4.74 Å². The predicted octanol–water partition coefficient (Wildman–Crippen LogP) is 3.40. The Morgan fingerprint density at radius 3 is 2.74 bits per heavy atom. The summed E-state index contributed by atoms with van der Waals surface area (Å²) in [5.74, 6) is 0.921. The van der Waals surface area contributed by atoms with Crippen LogP contribution in [-0.2, 0) is 17.9 Å². The number of rotatable bonds is 6. The van der Waals surface area contributed by atoms with Crippen molar-refractivity contribution >= 4 is 11.8 Å². The first-order chi connectivity index (χ1) is 13.0. The van der Waals surface area contributed by atoms with E-state index < -0.39 is 0 Å². The molecule has 2 aromatic rings. The number of carbonyl (C=O) groups excluding carboxylic acids is 2. The Kier molecular flexibility index (Phi) is 5.79. The smallest absolute Gasteiger partial charge is 0.253 e. The zero-order valence-corrected chi connectivity index (χ0v) is 16.2. The number of aryl methyl sites for hydroxylation is 1. The number of benzene rings is 2. The van der Waals surface area contributed by atoms with Crippen LogP contribution in [0.1, 0.15) is 39.9 Å². The van der Waals surface area contributed by atoms with Gasteiger partial charge in [-0.15, -0.1) is 0 Å². The lowest BCUT2D eigenvalue weighted by Crippen LogP contribution is -2.27. The van der Waals surface area contributed by atoms with Crippen molar-refractivity contribution in [3.05, 3.63) is 64.7 Å². The van der Waals surface area contributed by atoms with Gasteiger partial charge >= 0.3 is 0 Å². The van der Waals surface area contributed by atoms with Crippen LogP contribution in [0.5, 0.6) is 5.75 Å². The van der Waals surface area contributed by atoms with Crippen LogP contribution >= 0.6 is 0 Å². The predicted molar refractivity (Wildman–Crippen MR) is 105 cm³/mol. The van der Waals surface area contributed by atoms with E-state index in [-0.39, 0.29) is 11.8 Å². The number of likely N-dealkylation sites (tertiary alicyclic amines) is 1. The van der Waals surface area contributed by atoms with Gasteiger partial charge in [-0.05, 0) is 37.1 Å². The van der Waals surface area contributed by atoms with Crippen molar-refractivity contribution in [3.8, 4) is 5.75 Å². The first-order valence-electron chi connectivity index (χ1n) is 9.23. The number of carbonyl (C=O) groups is 2. The van der Waals surface area contributed by atoms with E-state index in [1.54, 1.807) is 19.1 Å². The normalized spacial score (nSPS) is 13.7. The molecule has 1 aliphatic heterocycles. The van der Waals surface area contributed by atoms with E-state index in [0.717, 1.165) is 35.4 Å². The summed E-state index contributed by atoms with van der Waals surface area (Å²) in [5.41, 5.74) is 3.72. The molecule has 0 unspecified atom stereocenters. The molecule has 2 amide bonds. The Balaban J connectivity index is 1.72. The SMILES string of the molecule is COc1ccc(C)cc1CN(C)C(=O)c1cccc(CN2CCCC2=O)c1. The van der Waals surface area contributed by atoms with E-state index >= 15 is 0 Å². The second-order valence-corrected chi connectivity index (χ2v) is 7.10. The molecule has 0 atom stereocenters. The summed E-state index contributed by atoms with van der Waals surface area (Å²) in [4.78, 5) is 28.3. The highest BCUT2D eigenvalue weighted by Crippen LogP contribution is 2.22. The first kappa shape index (κ1) is 19.0. The highest BCUT2D eigenvalue weighted by molar-refractivity contribution is 5.94. The minimum absolute atomic E-state index is 0.0480. The second-order valence-electron chi connectivity index (χ2n) is 7.10. The maximum Gasteiger partial charge on any atom is 0.253 e. The summed E-state index contributed by atoms with van der Waals surface area (Å²) in [7, 11) is 3.43. The van der Waals surface area contributed by atoms with Crippen LogP contribution < -0.4 is 4.74 Å². The number of methoxy groups -OCH3 is 1. The monoisotopic (exact) mass is 366 g/mol. The van der Waals surface area contributed by atoms with E-state index in [1.807, 2.05) is 54.3 Å². The molecule has 27 heavy (non-hydrogen) atoms. The molecule has 1 aliphatic rings. The van der Waals surface area contributed by atoms with Crippen LogP contribution in [0.4, 0.5) is 0 Å². The number of ether oxygens (including phenoxy) is 1. The zero-order valence-electron chi connectivity index (χ0n) is 16.2. The molecule has 3 rings (SSSR count). The standard InChI is InChI=1S/C22H26N2O3/c1-16-9-10-20(27-3)19(12-16)15-23(2)22(26)18-7-4-6-17(13-18)14-24-11-5-8-21(24)25/h4,6-7,9-10,12-13H,5,8,11,14-15H2,1-3H3. The maximum absolute atomic E-state index is 12.9. The van der Waals surface area contributed by atoms with Crippen molar-refractivity contribution in [2.45, 2.75) is 32.9 Å². The van der Waals surface area contributed by atoms with Gasteiger partial charge in [-0.1, -0.05) is 29.8 Å². The molecule has 1 fully saturated rings. The van der Waals surface area contributed by atoms with Crippen molar-refractivity contribution in [1.29, 1.82) is 0 Å². The van der Waals surface area contributed by atoms with Crippen LogP contribution in [0.3, 0.4) is 0 Å². The van der Waals surface area contributed by atoms with Gasteiger partial charge in [0.05, 0.1) is 7.11 Å². The number of nitrogens with zero attached hydrogens (tertiary/aromatic N) is 2. The van der Waals surface area contributed by atoms with Crippen molar-refractivity contribution < 1.29 is 14.3 Å². The highest BCUT2D eigenvalue weighted by Gasteiger charge is 2.21. The number of hydrogen-bond acceptors (Lipinski definition) is 3. The van der Waals surface area contributed by atoms with Gasteiger partial charge < -0.3 is 14.5 Å². The van der Waals surface area contributed by atoms with Gasteiger partial charge in [0.1, 0.15) is 5.75 Å². The molecule has 0 N–H and O–H groups in total. The lowest BCUT2D eigenvalue weighted by molar-refractivity contribution is -0.128. The van der Waals surface area contributed by atoms with Crippen molar-refractivity contribution in [2.75, 3.05) is 20.7 Å². The molecule has 5 nitrogen and oxygen atoms in total. The van der Waals surface area contributed by atoms with E-state index in [9.17, 15) is 9.59 Å². The van der Waals surface area contributed by atoms with E-state index in [0.29, 0.717) is 25.1 Å². The summed E-state index contributed by atoms with van der Waals surface area (Å²) in [5, 5.41) is 0. The van der Waals surface area contributed by atoms with Gasteiger partial charge in [-0.2, -0.15) is 0 Å². The Hall–Kier alpha value is -2.82. The third-order valence-electron chi connectivity index (χ3n) is 4.91. The molecule has 0 spiro atoms. The average Bonchev–Trinajstić information content (AvgIpc) is 3.06. The lowest BCUT2D eigenvalue weighted by Gasteiger charge is -2.20. The molecule has 1 saturated heterocycles. The Morgan fingerprint density at radius 1 is 1.22 bits per heavy atom. The molecule has 0 aliphatic carbocycles. The van der Waals surface area contributed by atoms with Gasteiger partial charge in [0.15, 0.2) is 0 Å². The quantitative estimate of drug-likeness (QED) is 0.787. The molecule has 5 heteroatoms. The summed E-state index contributed by atoms with van der Waals surface area (Å²) >= 11 is 0. The van der Waals surface area contributed by atoms with Crippen LogP contribution in [-0.4, -0.2) is 42.3 Å². The average molecular weight is 366 g/mol. The number of hydrogen-bond donors (Lipinski definition) is 0. The maximum atomic E-state index is 12.9. The van der Waals surface area contributed by atoms with Crippen molar-refractivity contribution in [2.24, 2.45) is 0 Å². The van der Waals surface area contributed by atoms with E-state index in [2.05, 4.69) is 0 Å². The van der Waals surface area contributed by atoms with Crippen LogP contribution in [0.2, 0.25) is 0 Å². The third kappa shape index (κ3) is 4.48. The minimum Gasteiger partial charge on any atom is -0.496 e. The fourth-order valence-electron chi connectivity index (χ4n) is 3.47. The Bertz CT molecular complexity index is 847. The van der Waals surface area contributed by atoms with Gasteiger partial charge in [0.2, 0.25) is 5.91 Å². The first-order valence-corrected chi connectivity index (χ1v) is 9.23. The third-order valence-corrected chi connectivity index (χ3v) is 4.91. The Labute approximate surface area is 160 Å². The molecular weight excluding hydrogens is 340 g/mol. The molecule has 0 bridgehead atoms. The van der Waals surface area contributed by atoms with Gasteiger partial charge in [-0.25, -0.2) is 0 Å². The van der Waals surface area contributed by atoms with Crippen LogP contribution in [0.25, 0.3) is 0 Å². The van der Waals surface area contributed by atoms with Gasteiger partial charge in [0.25, 0.3) is 5.91 Å². The van der Waals surface area contributed by atoms with Gasteiger partial charge in [0, 0.05) is 44.2 Å². The number of amides is 2. The fourth-order valence-corrected chi connectivity index (χ4v) is 3.47. The van der Waals surface area contributed by atoms with E-state index in [1.165, 1.54) is 0 Å². The largest absolute Gasteiger partial charge is 0.496 e. The summed E-state index contributed by atoms with van der Waals surface area (Å²) in [6.07, 6.45) is 1.54. The second kappa shape index (κ2) is 8.25. The highest BCUT2D eigenvalue weighted by atomic mass is 16.5.